The van der Waals surface area contributed by atoms with Crippen molar-refractivity contribution in [1.82, 2.24) is 4.98 Å². The molecule has 0 amide bonds. The van der Waals surface area contributed by atoms with Crippen molar-refractivity contribution in [2.45, 2.75) is 25.7 Å². The fourth-order valence-corrected chi connectivity index (χ4v) is 2.14. The summed E-state index contributed by atoms with van der Waals surface area (Å²) in [5.74, 6) is 0. The minimum absolute atomic E-state index is 0.821. The van der Waals surface area contributed by atoms with Crippen LogP contribution in [0.5, 0.6) is 0 Å². The number of hydrogen-bond acceptors (Lipinski definition) is 2. The van der Waals surface area contributed by atoms with E-state index in [0.717, 1.165) is 23.8 Å². The van der Waals surface area contributed by atoms with Crippen LogP contribution in [0.25, 0.3) is 0 Å². The van der Waals surface area contributed by atoms with Gasteiger partial charge in [-0.2, -0.15) is 0 Å². The Morgan fingerprint density at radius 1 is 1.14 bits per heavy atom. The van der Waals surface area contributed by atoms with E-state index in [-0.39, 0.29) is 0 Å². The second kappa shape index (κ2) is 4.65. The highest BCUT2D eigenvalue weighted by atomic mass is 35.5. The van der Waals surface area contributed by atoms with Gasteiger partial charge in [0.1, 0.15) is 0 Å². The average molecular weight is 211 g/mol. The summed E-state index contributed by atoms with van der Waals surface area (Å²) in [6.07, 6.45) is 8.83. The van der Waals surface area contributed by atoms with E-state index in [9.17, 15) is 0 Å². The highest BCUT2D eigenvalue weighted by Crippen LogP contribution is 2.26. The summed E-state index contributed by atoms with van der Waals surface area (Å²) >= 11 is 6.13. The molecule has 1 aromatic heterocycles. The van der Waals surface area contributed by atoms with Gasteiger partial charge in [-0.25, -0.2) is 0 Å². The van der Waals surface area contributed by atoms with E-state index in [0.29, 0.717) is 0 Å². The fraction of sp³-hybridized carbons (Fsp3) is 0.545. The predicted octanol–water partition coefficient (Wildman–Crippen LogP) is 3.12. The van der Waals surface area contributed by atoms with E-state index in [2.05, 4.69) is 9.88 Å². The van der Waals surface area contributed by atoms with E-state index in [1.165, 1.54) is 25.7 Å². The zero-order chi connectivity index (χ0) is 9.80. The third kappa shape index (κ3) is 2.18. The van der Waals surface area contributed by atoms with Crippen LogP contribution in [0.2, 0.25) is 5.02 Å². The van der Waals surface area contributed by atoms with Gasteiger partial charge in [-0.15, -0.1) is 0 Å². The van der Waals surface area contributed by atoms with Crippen molar-refractivity contribution in [3.05, 3.63) is 23.5 Å². The maximum absolute atomic E-state index is 6.13. The number of hydrogen-bond donors (Lipinski definition) is 0. The maximum Gasteiger partial charge on any atom is 0.0742 e. The molecule has 76 valence electrons. The SMILES string of the molecule is Clc1ccncc1N1CCCCCC1. The first-order valence-corrected chi connectivity index (χ1v) is 5.60. The molecule has 0 aliphatic carbocycles. The molecule has 1 fully saturated rings. The largest absolute Gasteiger partial charge is 0.369 e. The number of anilines is 1. The van der Waals surface area contributed by atoms with Crippen molar-refractivity contribution >= 4 is 17.3 Å². The van der Waals surface area contributed by atoms with Crippen LogP contribution >= 0.6 is 11.6 Å². The molecule has 2 heterocycles. The molecule has 0 saturated carbocycles. The van der Waals surface area contributed by atoms with Crippen LogP contribution in [-0.2, 0) is 0 Å². The predicted molar refractivity (Wildman–Crippen MR) is 59.9 cm³/mol. The second-order valence-electron chi connectivity index (χ2n) is 3.73. The molecule has 0 bridgehead atoms. The van der Waals surface area contributed by atoms with E-state index in [1.54, 1.807) is 6.20 Å². The van der Waals surface area contributed by atoms with E-state index in [4.69, 9.17) is 11.6 Å². The zero-order valence-corrected chi connectivity index (χ0v) is 9.00. The molecule has 0 atom stereocenters. The fourth-order valence-electron chi connectivity index (χ4n) is 1.91. The lowest BCUT2D eigenvalue weighted by Crippen LogP contribution is -2.24. The third-order valence-corrected chi connectivity index (χ3v) is 3.01. The molecule has 3 heteroatoms. The number of nitrogens with zero attached hydrogens (tertiary/aromatic N) is 2. The van der Waals surface area contributed by atoms with Crippen LogP contribution < -0.4 is 4.90 Å². The molecule has 1 aliphatic rings. The maximum atomic E-state index is 6.13. The molecule has 1 aliphatic heterocycles. The first-order chi connectivity index (χ1) is 6.88. The van der Waals surface area contributed by atoms with E-state index < -0.39 is 0 Å². The van der Waals surface area contributed by atoms with Gasteiger partial charge >= 0.3 is 0 Å². The van der Waals surface area contributed by atoms with Crippen molar-refractivity contribution in [3.63, 3.8) is 0 Å². The summed E-state index contributed by atoms with van der Waals surface area (Å²) in [6, 6.07) is 1.86. The lowest BCUT2D eigenvalue weighted by Gasteiger charge is -2.22. The lowest BCUT2D eigenvalue weighted by atomic mass is 10.2. The third-order valence-electron chi connectivity index (χ3n) is 2.70. The Balaban J connectivity index is 2.16. The summed E-state index contributed by atoms with van der Waals surface area (Å²) < 4.78 is 0. The van der Waals surface area contributed by atoms with Gasteiger partial charge in [0.25, 0.3) is 0 Å². The number of pyridine rings is 1. The molecule has 0 N–H and O–H groups in total. The van der Waals surface area contributed by atoms with Crippen molar-refractivity contribution in [2.75, 3.05) is 18.0 Å². The van der Waals surface area contributed by atoms with Gasteiger partial charge < -0.3 is 4.90 Å². The van der Waals surface area contributed by atoms with Gasteiger partial charge in [0.05, 0.1) is 16.9 Å². The number of halogens is 1. The van der Waals surface area contributed by atoms with E-state index >= 15 is 0 Å². The van der Waals surface area contributed by atoms with Gasteiger partial charge in [-0.05, 0) is 18.9 Å². The van der Waals surface area contributed by atoms with Gasteiger partial charge in [0.2, 0.25) is 0 Å². The Hall–Kier alpha value is -0.760. The summed E-state index contributed by atoms with van der Waals surface area (Å²) in [5, 5.41) is 0.821. The quantitative estimate of drug-likeness (QED) is 0.708. The molecular weight excluding hydrogens is 196 g/mol. The topological polar surface area (TPSA) is 16.1 Å². The van der Waals surface area contributed by atoms with Crippen molar-refractivity contribution in [2.24, 2.45) is 0 Å². The molecule has 2 nitrogen and oxygen atoms in total. The van der Waals surface area contributed by atoms with Crippen LogP contribution in [0.4, 0.5) is 5.69 Å². The summed E-state index contributed by atoms with van der Waals surface area (Å²) in [4.78, 5) is 6.47. The molecule has 0 aromatic carbocycles. The van der Waals surface area contributed by atoms with Crippen LogP contribution in [-0.4, -0.2) is 18.1 Å². The molecular formula is C11H15ClN2. The normalized spacial score (nSPS) is 17.9. The van der Waals surface area contributed by atoms with Crippen molar-refractivity contribution in [3.8, 4) is 0 Å². The van der Waals surface area contributed by atoms with Crippen LogP contribution in [0.1, 0.15) is 25.7 Å². The average Bonchev–Trinajstić information content (AvgIpc) is 2.47. The summed E-state index contributed by atoms with van der Waals surface area (Å²) in [6.45, 7) is 2.23. The first kappa shape index (κ1) is 9.78. The standard InChI is InChI=1S/C11H15ClN2/c12-10-5-6-13-9-11(10)14-7-3-1-2-4-8-14/h5-6,9H,1-4,7-8H2. The second-order valence-corrected chi connectivity index (χ2v) is 4.14. The van der Waals surface area contributed by atoms with Crippen molar-refractivity contribution < 1.29 is 0 Å². The van der Waals surface area contributed by atoms with Gasteiger partial charge in [-0.1, -0.05) is 24.4 Å². The van der Waals surface area contributed by atoms with Crippen LogP contribution in [0.3, 0.4) is 0 Å². The first-order valence-electron chi connectivity index (χ1n) is 5.22. The van der Waals surface area contributed by atoms with Crippen LogP contribution in [0, 0.1) is 0 Å². The highest BCUT2D eigenvalue weighted by molar-refractivity contribution is 6.33. The number of rotatable bonds is 1. The van der Waals surface area contributed by atoms with Gasteiger partial charge in [-0.3, -0.25) is 4.98 Å². The Kier molecular flexibility index (Phi) is 3.25. The zero-order valence-electron chi connectivity index (χ0n) is 8.25. The molecule has 2 rings (SSSR count). The highest BCUT2D eigenvalue weighted by Gasteiger charge is 2.12. The Bertz CT molecular complexity index is 293. The molecule has 0 radical (unpaired) electrons. The lowest BCUT2D eigenvalue weighted by molar-refractivity contribution is 0.726. The van der Waals surface area contributed by atoms with Gasteiger partial charge in [0, 0.05) is 19.3 Å². The Morgan fingerprint density at radius 3 is 2.50 bits per heavy atom. The monoisotopic (exact) mass is 210 g/mol. The Labute approximate surface area is 89.9 Å². The van der Waals surface area contributed by atoms with Crippen LogP contribution in [0.15, 0.2) is 18.5 Å². The van der Waals surface area contributed by atoms with Crippen molar-refractivity contribution in [1.29, 1.82) is 0 Å². The summed E-state index contributed by atoms with van der Waals surface area (Å²) in [7, 11) is 0. The minimum Gasteiger partial charge on any atom is -0.369 e. The molecule has 0 spiro atoms. The molecule has 14 heavy (non-hydrogen) atoms. The van der Waals surface area contributed by atoms with Gasteiger partial charge in [0.15, 0.2) is 0 Å². The molecule has 1 aromatic rings. The smallest absolute Gasteiger partial charge is 0.0742 e. The summed E-state index contributed by atoms with van der Waals surface area (Å²) in [5.41, 5.74) is 1.09. The minimum atomic E-state index is 0.821. The molecule has 1 saturated heterocycles. The Morgan fingerprint density at radius 2 is 1.86 bits per heavy atom. The van der Waals surface area contributed by atoms with E-state index in [1.807, 2.05) is 12.3 Å². The number of aromatic nitrogens is 1. The molecule has 0 unspecified atom stereocenters.